The van der Waals surface area contributed by atoms with E-state index < -0.39 is 0 Å². The summed E-state index contributed by atoms with van der Waals surface area (Å²) in [6.45, 7) is 5.48. The number of piperidine rings is 1. The molecule has 0 atom stereocenters. The maximum absolute atomic E-state index is 12.9. The zero-order valence-electron chi connectivity index (χ0n) is 20.8. The fourth-order valence-corrected chi connectivity index (χ4v) is 5.16. The number of carbonyl (C=O) groups is 1. The van der Waals surface area contributed by atoms with Gasteiger partial charge in [-0.2, -0.15) is 0 Å². The molecule has 6 heteroatoms. The largest absolute Gasteiger partial charge is 0.326 e. The molecule has 0 bridgehead atoms. The maximum Gasteiger partial charge on any atom is 0.227 e. The van der Waals surface area contributed by atoms with E-state index in [1.807, 2.05) is 30.3 Å². The number of likely N-dealkylation sites (tertiary alicyclic amines) is 1. The second kappa shape index (κ2) is 11.3. The first-order valence-corrected chi connectivity index (χ1v) is 13.3. The molecule has 1 aliphatic rings. The van der Waals surface area contributed by atoms with E-state index in [9.17, 15) is 4.79 Å². The molecule has 5 nitrogen and oxygen atoms in total. The highest BCUT2D eigenvalue weighted by molar-refractivity contribution is 6.30. The van der Waals surface area contributed by atoms with Crippen LogP contribution in [-0.4, -0.2) is 33.4 Å². The highest BCUT2D eigenvalue weighted by Gasteiger charge is 2.26. The molecule has 4 aromatic rings. The molecule has 0 unspecified atom stereocenters. The number of halogens is 1. The van der Waals surface area contributed by atoms with Gasteiger partial charge in [-0.1, -0.05) is 61.3 Å². The van der Waals surface area contributed by atoms with Crippen LogP contribution in [0.4, 0.5) is 5.69 Å². The third kappa shape index (κ3) is 5.80. The Morgan fingerprint density at radius 2 is 1.64 bits per heavy atom. The van der Waals surface area contributed by atoms with Crippen molar-refractivity contribution >= 4 is 34.2 Å². The van der Waals surface area contributed by atoms with Crippen molar-refractivity contribution in [1.29, 1.82) is 0 Å². The molecule has 186 valence electrons. The first kappa shape index (κ1) is 24.5. The number of hydrogen-bond donors (Lipinski definition) is 1. The molecule has 1 N–H and O–H groups in total. The predicted octanol–water partition coefficient (Wildman–Crippen LogP) is 6.54. The fraction of sp³-hybridized carbons (Fsp3) is 0.333. The van der Waals surface area contributed by atoms with Gasteiger partial charge in [0.25, 0.3) is 0 Å². The molecule has 1 aliphatic heterocycles. The fourth-order valence-electron chi connectivity index (χ4n) is 5.04. The Kier molecular flexibility index (Phi) is 7.69. The number of imidazole rings is 1. The molecule has 1 saturated heterocycles. The van der Waals surface area contributed by atoms with Crippen LogP contribution in [0.25, 0.3) is 11.0 Å². The van der Waals surface area contributed by atoms with Crippen LogP contribution in [0.15, 0.2) is 72.8 Å². The Morgan fingerprint density at radius 3 is 2.36 bits per heavy atom. The number of carbonyl (C=O) groups excluding carboxylic acids is 1. The molecule has 1 amide bonds. The second-order valence-electron chi connectivity index (χ2n) is 9.72. The molecule has 3 aromatic carbocycles. The lowest BCUT2D eigenvalue weighted by molar-refractivity contribution is -0.121. The van der Waals surface area contributed by atoms with E-state index in [-0.39, 0.29) is 11.8 Å². The average Bonchev–Trinajstić information content (AvgIpc) is 3.24. The lowest BCUT2D eigenvalue weighted by Crippen LogP contribution is -2.38. The molecule has 0 saturated carbocycles. The van der Waals surface area contributed by atoms with Gasteiger partial charge in [-0.25, -0.2) is 4.98 Å². The molecule has 0 radical (unpaired) electrons. The Hall–Kier alpha value is -3.15. The first-order valence-electron chi connectivity index (χ1n) is 12.9. The number of hydrogen-bond acceptors (Lipinski definition) is 3. The lowest BCUT2D eigenvalue weighted by Gasteiger charge is -2.31. The summed E-state index contributed by atoms with van der Waals surface area (Å²) in [7, 11) is 0. The quantitative estimate of drug-likeness (QED) is 0.299. The van der Waals surface area contributed by atoms with E-state index in [2.05, 4.69) is 64.2 Å². The van der Waals surface area contributed by atoms with Gasteiger partial charge in [0, 0.05) is 23.2 Å². The lowest BCUT2D eigenvalue weighted by atomic mass is 9.95. The average molecular weight is 501 g/mol. The van der Waals surface area contributed by atoms with Crippen LogP contribution in [0.5, 0.6) is 0 Å². The number of aromatic nitrogens is 2. The monoisotopic (exact) mass is 500 g/mol. The van der Waals surface area contributed by atoms with Gasteiger partial charge >= 0.3 is 0 Å². The molecule has 1 aromatic heterocycles. The van der Waals surface area contributed by atoms with Gasteiger partial charge in [-0.15, -0.1) is 0 Å². The van der Waals surface area contributed by atoms with E-state index in [1.54, 1.807) is 0 Å². The summed E-state index contributed by atoms with van der Waals surface area (Å²) in [5.74, 6) is 1.23. The third-order valence-corrected chi connectivity index (χ3v) is 7.32. The molecular formula is C30H33ClN4O. The van der Waals surface area contributed by atoms with Crippen molar-refractivity contribution in [3.63, 3.8) is 0 Å². The molecular weight excluding hydrogens is 468 g/mol. The summed E-state index contributed by atoms with van der Waals surface area (Å²) in [6, 6.07) is 24.6. The molecule has 0 aliphatic carbocycles. The van der Waals surface area contributed by atoms with E-state index in [4.69, 9.17) is 16.6 Å². The highest BCUT2D eigenvalue weighted by Crippen LogP contribution is 2.24. The van der Waals surface area contributed by atoms with Gasteiger partial charge in [0.2, 0.25) is 5.91 Å². The van der Waals surface area contributed by atoms with Gasteiger partial charge in [0.1, 0.15) is 5.82 Å². The van der Waals surface area contributed by atoms with Crippen LogP contribution in [0, 0.1) is 5.92 Å². The zero-order valence-corrected chi connectivity index (χ0v) is 21.5. The number of para-hydroxylation sites is 2. The minimum atomic E-state index is 0.0458. The summed E-state index contributed by atoms with van der Waals surface area (Å²) in [5, 5.41) is 3.87. The standard InChI is InChI=1S/C30H33ClN4O/c1-2-5-22-10-14-26(15-11-22)32-30(36)24-16-18-34(19-17-24)21-29-33-27-6-3-4-7-28(27)35(29)20-23-8-12-25(31)13-9-23/h3-4,6-15,24H,2,5,16-21H2,1H3,(H,32,36). The van der Waals surface area contributed by atoms with Gasteiger partial charge < -0.3 is 9.88 Å². The molecule has 0 spiro atoms. The first-order chi connectivity index (χ1) is 17.6. The summed E-state index contributed by atoms with van der Waals surface area (Å²) in [6.07, 6.45) is 3.91. The number of benzene rings is 3. The van der Waals surface area contributed by atoms with Gasteiger partial charge in [-0.05, 0) is 79.9 Å². The topological polar surface area (TPSA) is 50.2 Å². The Balaban J connectivity index is 1.22. The zero-order chi connectivity index (χ0) is 24.9. The van der Waals surface area contributed by atoms with Crippen LogP contribution in [0.1, 0.15) is 43.1 Å². The number of nitrogens with one attached hydrogen (secondary N) is 1. The minimum absolute atomic E-state index is 0.0458. The summed E-state index contributed by atoms with van der Waals surface area (Å²) in [5.41, 5.74) is 5.55. The van der Waals surface area contributed by atoms with Crippen molar-refractivity contribution in [2.45, 2.75) is 45.7 Å². The van der Waals surface area contributed by atoms with Crippen molar-refractivity contribution in [3.8, 4) is 0 Å². The predicted molar refractivity (Wildman–Crippen MR) is 147 cm³/mol. The van der Waals surface area contributed by atoms with E-state index in [0.717, 1.165) is 79.4 Å². The maximum atomic E-state index is 12.9. The van der Waals surface area contributed by atoms with Crippen molar-refractivity contribution < 1.29 is 4.79 Å². The van der Waals surface area contributed by atoms with Crippen molar-refractivity contribution in [1.82, 2.24) is 14.5 Å². The van der Waals surface area contributed by atoms with Crippen molar-refractivity contribution in [2.75, 3.05) is 18.4 Å². The van der Waals surface area contributed by atoms with Crippen LogP contribution >= 0.6 is 11.6 Å². The normalized spacial score (nSPS) is 14.8. The number of amides is 1. The summed E-state index contributed by atoms with van der Waals surface area (Å²) >= 11 is 6.09. The van der Waals surface area contributed by atoms with E-state index >= 15 is 0 Å². The summed E-state index contributed by atoms with van der Waals surface area (Å²) < 4.78 is 2.31. The molecule has 36 heavy (non-hydrogen) atoms. The van der Waals surface area contributed by atoms with Crippen LogP contribution in [0.3, 0.4) is 0 Å². The Labute approximate surface area is 218 Å². The van der Waals surface area contributed by atoms with Crippen molar-refractivity contribution in [3.05, 3.63) is 94.8 Å². The van der Waals surface area contributed by atoms with Crippen LogP contribution in [0.2, 0.25) is 5.02 Å². The third-order valence-electron chi connectivity index (χ3n) is 7.07. The van der Waals surface area contributed by atoms with E-state index in [0.29, 0.717) is 0 Å². The van der Waals surface area contributed by atoms with Gasteiger partial charge in [-0.3, -0.25) is 9.69 Å². The number of fused-ring (bicyclic) bond motifs is 1. The Morgan fingerprint density at radius 1 is 0.944 bits per heavy atom. The minimum Gasteiger partial charge on any atom is -0.326 e. The smallest absolute Gasteiger partial charge is 0.227 e. The number of aryl methyl sites for hydroxylation is 1. The highest BCUT2D eigenvalue weighted by atomic mass is 35.5. The van der Waals surface area contributed by atoms with Crippen molar-refractivity contribution in [2.24, 2.45) is 5.92 Å². The Bertz CT molecular complexity index is 1310. The van der Waals surface area contributed by atoms with Gasteiger partial charge in [0.05, 0.1) is 17.6 Å². The SMILES string of the molecule is CCCc1ccc(NC(=O)C2CCN(Cc3nc4ccccc4n3Cc3ccc(Cl)cc3)CC2)cc1. The van der Waals surface area contributed by atoms with Gasteiger partial charge in [0.15, 0.2) is 0 Å². The van der Waals surface area contributed by atoms with Crippen LogP contribution < -0.4 is 5.32 Å². The molecule has 2 heterocycles. The summed E-state index contributed by atoms with van der Waals surface area (Å²) in [4.78, 5) is 20.3. The van der Waals surface area contributed by atoms with E-state index in [1.165, 1.54) is 11.1 Å². The second-order valence-corrected chi connectivity index (χ2v) is 10.2. The number of anilines is 1. The van der Waals surface area contributed by atoms with Crippen LogP contribution in [-0.2, 0) is 24.3 Å². The molecule has 5 rings (SSSR count). The number of nitrogens with zero attached hydrogens (tertiary/aromatic N) is 3. The molecule has 1 fully saturated rings. The number of rotatable bonds is 8.